The molecule has 130 valence electrons. The van der Waals surface area contributed by atoms with Gasteiger partial charge in [0.05, 0.1) is 12.5 Å². The van der Waals surface area contributed by atoms with Crippen LogP contribution in [-0.2, 0) is 16.1 Å². The average molecular weight is 358 g/mol. The van der Waals surface area contributed by atoms with E-state index in [9.17, 15) is 14.4 Å². The normalized spacial score (nSPS) is 11.0. The molecule has 0 atom stereocenters. The van der Waals surface area contributed by atoms with E-state index in [0.29, 0.717) is 16.6 Å². The summed E-state index contributed by atoms with van der Waals surface area (Å²) in [5, 5.41) is 0.520. The fourth-order valence-corrected chi connectivity index (χ4v) is 3.93. The molecule has 1 aromatic carbocycles. The molecule has 7 heteroatoms. The third kappa shape index (κ3) is 3.28. The summed E-state index contributed by atoms with van der Waals surface area (Å²) < 4.78 is 5.75. The quantitative estimate of drug-likeness (QED) is 0.711. The number of aromatic amines is 1. The van der Waals surface area contributed by atoms with Crippen molar-refractivity contribution in [1.29, 1.82) is 0 Å². The van der Waals surface area contributed by atoms with Crippen molar-refractivity contribution in [3.63, 3.8) is 0 Å². The second-order valence-corrected chi connectivity index (χ2v) is 6.89. The number of methoxy groups -OCH3 is 1. The summed E-state index contributed by atoms with van der Waals surface area (Å²) in [5.41, 5.74) is 1.01. The number of H-pyrrole nitrogens is 1. The molecule has 0 saturated carbocycles. The number of rotatable bonds is 5. The molecule has 2 heterocycles. The fraction of sp³-hybridized carbons (Fsp3) is 0.278. The molecule has 0 fully saturated rings. The Morgan fingerprint density at radius 2 is 1.96 bits per heavy atom. The first-order valence-electron chi connectivity index (χ1n) is 7.91. The van der Waals surface area contributed by atoms with Crippen molar-refractivity contribution in [3.8, 4) is 11.1 Å². The van der Waals surface area contributed by atoms with E-state index in [0.717, 1.165) is 20.6 Å². The molecule has 0 aliphatic rings. The fourth-order valence-electron chi connectivity index (χ4n) is 2.87. The van der Waals surface area contributed by atoms with Gasteiger partial charge in [0.1, 0.15) is 4.83 Å². The zero-order chi connectivity index (χ0) is 18.0. The molecule has 6 nitrogen and oxygen atoms in total. The van der Waals surface area contributed by atoms with Crippen molar-refractivity contribution in [3.05, 3.63) is 56.0 Å². The highest BCUT2D eigenvalue weighted by atomic mass is 32.1. The number of aromatic nitrogens is 2. The van der Waals surface area contributed by atoms with Crippen LogP contribution in [0.15, 0.2) is 39.9 Å². The summed E-state index contributed by atoms with van der Waals surface area (Å²) in [5.74, 6) is -0.359. The molecule has 2 aromatic heterocycles. The van der Waals surface area contributed by atoms with Crippen LogP contribution in [0.3, 0.4) is 0 Å². The van der Waals surface area contributed by atoms with E-state index in [1.54, 1.807) is 0 Å². The SMILES string of the molecule is COC(=O)CCCn1c(=O)[nH]c2sc(C)c(-c3ccccc3)c2c1=O. The zero-order valence-electron chi connectivity index (χ0n) is 14.0. The van der Waals surface area contributed by atoms with Gasteiger partial charge in [-0.25, -0.2) is 4.79 Å². The Bertz CT molecular complexity index is 1030. The van der Waals surface area contributed by atoms with E-state index < -0.39 is 5.69 Å². The Labute approximate surface area is 147 Å². The van der Waals surface area contributed by atoms with Gasteiger partial charge in [-0.05, 0) is 18.9 Å². The molecule has 0 radical (unpaired) electrons. The number of nitrogens with zero attached hydrogens (tertiary/aromatic N) is 1. The molecule has 1 N–H and O–H groups in total. The molecular weight excluding hydrogens is 340 g/mol. The molecule has 0 bridgehead atoms. The van der Waals surface area contributed by atoms with Crippen molar-refractivity contribution >= 4 is 27.5 Å². The van der Waals surface area contributed by atoms with Crippen LogP contribution in [0.4, 0.5) is 0 Å². The molecule has 0 aliphatic heterocycles. The van der Waals surface area contributed by atoms with Crippen molar-refractivity contribution in [2.75, 3.05) is 7.11 Å². The van der Waals surface area contributed by atoms with Gasteiger partial charge in [0.2, 0.25) is 0 Å². The molecule has 25 heavy (non-hydrogen) atoms. The molecule has 3 aromatic rings. The highest BCUT2D eigenvalue weighted by Gasteiger charge is 2.18. The van der Waals surface area contributed by atoms with Gasteiger partial charge in [-0.3, -0.25) is 19.1 Å². The summed E-state index contributed by atoms with van der Waals surface area (Å²) in [6, 6.07) is 9.64. The van der Waals surface area contributed by atoms with Crippen LogP contribution in [0.2, 0.25) is 0 Å². The lowest BCUT2D eigenvalue weighted by atomic mass is 10.0. The summed E-state index contributed by atoms with van der Waals surface area (Å²) in [7, 11) is 1.31. The minimum atomic E-state index is -0.455. The van der Waals surface area contributed by atoms with Crippen LogP contribution in [0, 0.1) is 6.92 Å². The topological polar surface area (TPSA) is 81.2 Å². The van der Waals surface area contributed by atoms with E-state index in [1.165, 1.54) is 18.4 Å². The maximum atomic E-state index is 12.9. The van der Waals surface area contributed by atoms with Crippen LogP contribution in [0.1, 0.15) is 17.7 Å². The lowest BCUT2D eigenvalue weighted by Crippen LogP contribution is -2.35. The van der Waals surface area contributed by atoms with Gasteiger partial charge in [-0.2, -0.15) is 0 Å². The van der Waals surface area contributed by atoms with Crippen molar-refractivity contribution in [2.24, 2.45) is 0 Å². The van der Waals surface area contributed by atoms with Gasteiger partial charge in [0, 0.05) is 23.4 Å². The predicted molar refractivity (Wildman–Crippen MR) is 98.1 cm³/mol. The minimum absolute atomic E-state index is 0.161. The van der Waals surface area contributed by atoms with Gasteiger partial charge in [0.25, 0.3) is 5.56 Å². The number of aryl methyl sites for hydroxylation is 1. The largest absolute Gasteiger partial charge is 0.469 e. The van der Waals surface area contributed by atoms with Crippen LogP contribution in [0.5, 0.6) is 0 Å². The van der Waals surface area contributed by atoms with Crippen molar-refractivity contribution in [1.82, 2.24) is 9.55 Å². The number of fused-ring (bicyclic) bond motifs is 1. The number of benzene rings is 1. The monoisotopic (exact) mass is 358 g/mol. The van der Waals surface area contributed by atoms with E-state index in [1.807, 2.05) is 37.3 Å². The molecule has 0 aliphatic carbocycles. The Morgan fingerprint density at radius 3 is 2.64 bits per heavy atom. The second kappa shape index (κ2) is 7.06. The van der Waals surface area contributed by atoms with Gasteiger partial charge in [-0.1, -0.05) is 30.3 Å². The van der Waals surface area contributed by atoms with Gasteiger partial charge >= 0.3 is 11.7 Å². The van der Waals surface area contributed by atoms with Crippen LogP contribution < -0.4 is 11.2 Å². The number of ether oxygens (including phenoxy) is 1. The second-order valence-electron chi connectivity index (χ2n) is 5.67. The molecule has 3 rings (SSSR count). The minimum Gasteiger partial charge on any atom is -0.469 e. The Morgan fingerprint density at radius 1 is 1.24 bits per heavy atom. The maximum Gasteiger partial charge on any atom is 0.329 e. The highest BCUT2D eigenvalue weighted by molar-refractivity contribution is 7.19. The molecular formula is C18H18N2O4S. The Hall–Kier alpha value is -2.67. The summed E-state index contributed by atoms with van der Waals surface area (Å²) in [4.78, 5) is 40.8. The number of hydrogen-bond acceptors (Lipinski definition) is 5. The Balaban J connectivity index is 2.10. The standard InChI is InChI=1S/C18H18N2O4S/c1-11-14(12-7-4-3-5-8-12)15-16(25-11)19-18(23)20(17(15)22)10-6-9-13(21)24-2/h3-5,7-8H,6,9-10H2,1-2H3,(H,19,23). The van der Waals surface area contributed by atoms with Gasteiger partial charge in [-0.15, -0.1) is 11.3 Å². The number of nitrogens with one attached hydrogen (secondary N) is 1. The van der Waals surface area contributed by atoms with Gasteiger partial charge < -0.3 is 4.74 Å². The number of carbonyl (C=O) groups excluding carboxylic acids is 1. The first-order chi connectivity index (χ1) is 12.0. The van der Waals surface area contributed by atoms with E-state index >= 15 is 0 Å². The maximum absolute atomic E-state index is 12.9. The highest BCUT2D eigenvalue weighted by Crippen LogP contribution is 2.34. The zero-order valence-corrected chi connectivity index (χ0v) is 14.8. The summed E-state index contributed by atoms with van der Waals surface area (Å²) in [6.45, 7) is 2.11. The lowest BCUT2D eigenvalue weighted by Gasteiger charge is -2.06. The summed E-state index contributed by atoms with van der Waals surface area (Å²) >= 11 is 1.40. The smallest absolute Gasteiger partial charge is 0.329 e. The Kier molecular flexibility index (Phi) is 4.85. The van der Waals surface area contributed by atoms with Gasteiger partial charge in [0.15, 0.2) is 0 Å². The average Bonchev–Trinajstić information content (AvgIpc) is 2.94. The molecule has 0 unspecified atom stereocenters. The third-order valence-electron chi connectivity index (χ3n) is 4.06. The lowest BCUT2D eigenvalue weighted by molar-refractivity contribution is -0.140. The van der Waals surface area contributed by atoms with E-state index in [-0.39, 0.29) is 24.5 Å². The predicted octanol–water partition coefficient (Wildman–Crippen LogP) is 2.68. The number of hydrogen-bond donors (Lipinski definition) is 1. The van der Waals surface area contributed by atoms with E-state index in [4.69, 9.17) is 0 Å². The summed E-state index contributed by atoms with van der Waals surface area (Å²) in [6.07, 6.45) is 0.527. The number of carbonyl (C=O) groups is 1. The number of thiophene rings is 1. The van der Waals surface area contributed by atoms with Crippen molar-refractivity contribution < 1.29 is 9.53 Å². The van der Waals surface area contributed by atoms with E-state index in [2.05, 4.69) is 9.72 Å². The first kappa shape index (κ1) is 17.2. The van der Waals surface area contributed by atoms with Crippen LogP contribution in [-0.4, -0.2) is 22.6 Å². The molecule has 0 saturated heterocycles. The van der Waals surface area contributed by atoms with Crippen LogP contribution >= 0.6 is 11.3 Å². The molecule has 0 spiro atoms. The third-order valence-corrected chi connectivity index (χ3v) is 5.08. The van der Waals surface area contributed by atoms with Crippen LogP contribution in [0.25, 0.3) is 21.3 Å². The van der Waals surface area contributed by atoms with Crippen molar-refractivity contribution in [2.45, 2.75) is 26.3 Å². The first-order valence-corrected chi connectivity index (χ1v) is 8.73. The molecule has 0 amide bonds. The number of esters is 1.